The summed E-state index contributed by atoms with van der Waals surface area (Å²) in [5.74, 6) is 14.7. The summed E-state index contributed by atoms with van der Waals surface area (Å²) >= 11 is 6.64. The van der Waals surface area contributed by atoms with Crippen molar-refractivity contribution in [2.45, 2.75) is 69.2 Å². The van der Waals surface area contributed by atoms with Crippen LogP contribution in [0, 0.1) is 59.2 Å². The van der Waals surface area contributed by atoms with E-state index in [4.69, 9.17) is 0 Å². The van der Waals surface area contributed by atoms with Gasteiger partial charge in [-0.3, -0.25) is 0 Å². The monoisotopic (exact) mass is 1520 g/mol. The van der Waals surface area contributed by atoms with Gasteiger partial charge in [-0.25, -0.2) is 0 Å². The van der Waals surface area contributed by atoms with E-state index in [9.17, 15) is 50.4 Å². The maximum Gasteiger partial charge on any atom is -0.0195 e. The van der Waals surface area contributed by atoms with Gasteiger partial charge in [0.2, 0.25) is 0 Å². The molecule has 0 unspecified atom stereocenters. The van der Waals surface area contributed by atoms with E-state index < -0.39 is 15.6 Å². The first-order valence-electron chi connectivity index (χ1n) is 30.1. The topological polar surface area (TPSA) is 0 Å². The average molecular weight is 1520 g/mol. The number of benzene rings is 8. The van der Waals surface area contributed by atoms with Crippen molar-refractivity contribution in [3.63, 3.8) is 0 Å². The maximum absolute atomic E-state index is 10.7. The molecule has 0 aliphatic heterocycles. The molecule has 0 saturated heterocycles. The standard InChI is InChI=1S/2C26H24P2.2C10H15.C4H2.2F6P.2Fe/c2*1-5-13-23(14-6-1)27(24-15-7-2-8-16-24)21-22-28(25-17-9-3-10-18-25)26-19-11-4-12-20-26;2*1-6-7(2)9(4)10(5)8(6)3;1-3-4-2;2*1-7(2,3,4,5)6;;/h2*1-20H,21-22H2;2*1-5H3;3-4H;;;;/q;;;;;2*-1;2*+1. The van der Waals surface area contributed by atoms with Crippen LogP contribution in [-0.2, 0) is 31.2 Å². The third-order valence-electron chi connectivity index (χ3n) is 15.5. The Bertz CT molecular complexity index is 2910. The van der Waals surface area contributed by atoms with Crippen LogP contribution < -0.4 is 42.4 Å². The predicted octanol–water partition coefficient (Wildman–Crippen LogP) is 23.2. The van der Waals surface area contributed by atoms with Crippen molar-refractivity contribution < 1.29 is 81.5 Å². The Balaban J connectivity index is 0.000000264. The normalized spacial score (nSPS) is 16.1. The van der Waals surface area contributed by atoms with Crippen LogP contribution in [0.4, 0.5) is 50.4 Å². The summed E-state index contributed by atoms with van der Waals surface area (Å²) in [5.41, 5.74) is 0. The Hall–Kier alpha value is -4.16. The summed E-state index contributed by atoms with van der Waals surface area (Å²) in [5, 5.41) is 11.8. The van der Waals surface area contributed by atoms with Gasteiger partial charge in [-0.05, 0) is 158 Å². The Morgan fingerprint density at radius 1 is 0.229 bits per heavy atom. The molecule has 2 aliphatic carbocycles. The molecule has 0 atom stereocenters. The minimum atomic E-state index is -10.7. The first-order chi connectivity index (χ1) is 44.8. The van der Waals surface area contributed by atoms with Gasteiger partial charge in [0, 0.05) is 0 Å². The second-order valence-corrected chi connectivity index (χ2v) is 35.8. The molecule has 2 saturated carbocycles. The van der Waals surface area contributed by atoms with Gasteiger partial charge in [-0.15, -0.1) is 0 Å². The molecule has 0 bridgehead atoms. The summed E-state index contributed by atoms with van der Waals surface area (Å²) in [6.07, 6.45) is 8.12. The number of allylic oxidation sites excluding steroid dienone is 2. The van der Waals surface area contributed by atoms with Crippen molar-refractivity contribution in [3.05, 3.63) is 314 Å². The van der Waals surface area contributed by atoms with Crippen LogP contribution in [0.3, 0.4) is 0 Å². The average Bonchev–Trinajstić information content (AvgIpc) is 0.999. The predicted molar refractivity (Wildman–Crippen MR) is 391 cm³/mol. The quantitative estimate of drug-likeness (QED) is 0.0415. The van der Waals surface area contributed by atoms with Gasteiger partial charge in [0.25, 0.3) is 0 Å². The zero-order chi connectivity index (χ0) is 71.5. The Labute approximate surface area is 584 Å². The fourth-order valence-corrected chi connectivity index (χ4v) is 20.7. The first-order valence-corrected chi connectivity index (χ1v) is 41.4. The summed E-state index contributed by atoms with van der Waals surface area (Å²) in [6, 6.07) is 88.4. The third kappa shape index (κ3) is 33.8. The molecule has 2 fully saturated rings. The van der Waals surface area contributed by atoms with E-state index in [-0.39, 0.29) is 31.7 Å². The molecule has 96 heavy (non-hydrogen) atoms. The minimum absolute atomic E-state index is 0.348. The summed E-state index contributed by atoms with van der Waals surface area (Å²) in [7, 11) is -22.7. The van der Waals surface area contributed by atoms with Gasteiger partial charge in [-0.1, -0.05) is 312 Å². The van der Waals surface area contributed by atoms with Gasteiger partial charge in [0.15, 0.2) is 0 Å². The van der Waals surface area contributed by atoms with Gasteiger partial charge < -0.3 is 0 Å². The number of hydrogen-bond acceptors (Lipinski definition) is 0. The van der Waals surface area contributed by atoms with E-state index in [2.05, 4.69) is 352 Å². The molecule has 10 radical (unpaired) electrons. The van der Waals surface area contributed by atoms with Crippen LogP contribution in [0.25, 0.3) is 0 Å². The molecule has 8 aromatic rings. The van der Waals surface area contributed by atoms with E-state index in [1.165, 1.54) is 126 Å². The molecular formula is C76H80F12Fe2P6. The van der Waals surface area contributed by atoms with Crippen molar-refractivity contribution in [3.8, 4) is 0 Å². The third-order valence-corrected chi connectivity index (χ3v) is 26.6. The molecule has 0 heterocycles. The van der Waals surface area contributed by atoms with E-state index in [1.807, 2.05) is 0 Å². The van der Waals surface area contributed by atoms with Crippen LogP contribution in [0.5, 0.6) is 0 Å². The van der Waals surface area contributed by atoms with Gasteiger partial charge in [0.1, 0.15) is 0 Å². The Morgan fingerprint density at radius 3 is 0.406 bits per heavy atom. The number of rotatable bonds is 15. The van der Waals surface area contributed by atoms with Crippen molar-refractivity contribution in [1.29, 1.82) is 0 Å². The molecule has 8 aromatic carbocycles. The van der Waals surface area contributed by atoms with Gasteiger partial charge >= 0.3 is 118 Å². The number of hydrogen-bond donors (Lipinski definition) is 0. The SMILES string of the molecule is C[C]1[C](C)[C](C)[C](C)[C]1C.C[C]1[C](C)[C](C)[C](C)[C]1C.F[P-](F)(F)(F)(F)F.F[P-](F)(F)(F)(F)F.[Fe+]=[C]=CC=[C]=[Fe+].c1ccc(P(CCP(c2ccccc2)c2ccccc2)c2ccccc2)cc1.c1ccc(P(CCP(c2ccccc2)c2ccccc2)c2ccccc2)cc1. The Kier molecular flexibility index (Phi) is 32.9. The van der Waals surface area contributed by atoms with E-state index in [0.717, 1.165) is 0 Å². The largest absolute Gasteiger partial charge is 0.0622 e. The zero-order valence-corrected chi connectivity index (χ0v) is 62.6. The van der Waals surface area contributed by atoms with Crippen LogP contribution in [0.2, 0.25) is 0 Å². The summed E-state index contributed by atoms with van der Waals surface area (Å²) < 4.78 is 123. The van der Waals surface area contributed by atoms with Crippen molar-refractivity contribution in [2.24, 2.45) is 0 Å². The maximum atomic E-state index is 9.87. The molecule has 2 aliphatic rings. The molecular weight excluding hydrogens is 1440 g/mol. The van der Waals surface area contributed by atoms with Crippen molar-refractivity contribution in [1.82, 2.24) is 0 Å². The van der Waals surface area contributed by atoms with Crippen molar-refractivity contribution in [2.75, 3.05) is 24.6 Å². The fourth-order valence-electron chi connectivity index (χ4n) is 9.76. The Morgan fingerprint density at radius 2 is 0.323 bits per heavy atom. The van der Waals surface area contributed by atoms with Gasteiger partial charge in [0.05, 0.1) is 0 Å². The molecule has 10 rings (SSSR count). The molecule has 0 N–H and O–H groups in total. The van der Waals surface area contributed by atoms with Gasteiger partial charge in [-0.2, -0.15) is 0 Å². The molecule has 514 valence electrons. The van der Waals surface area contributed by atoms with E-state index >= 15 is 0 Å². The fraction of sp³-hybridized carbons (Fsp3) is 0.184. The second kappa shape index (κ2) is 37.5. The molecule has 0 spiro atoms. The number of halogens is 12. The van der Waals surface area contributed by atoms with Crippen LogP contribution in [-0.4, -0.2) is 33.8 Å². The van der Waals surface area contributed by atoms with E-state index in [1.54, 1.807) is 12.2 Å². The first kappa shape index (κ1) is 84.3. The van der Waals surface area contributed by atoms with Crippen LogP contribution in [0.15, 0.2) is 255 Å². The minimum Gasteiger partial charge on any atom is -0.0622 e. The van der Waals surface area contributed by atoms with E-state index in [0.29, 0.717) is 0 Å². The molecule has 0 aromatic heterocycles. The smallest absolute Gasteiger partial charge is 0.0195 e. The van der Waals surface area contributed by atoms with Crippen molar-refractivity contribution >= 4 is 98.9 Å². The summed E-state index contributed by atoms with van der Waals surface area (Å²) in [4.78, 5) is 0. The second-order valence-electron chi connectivity index (χ2n) is 22.0. The summed E-state index contributed by atoms with van der Waals surface area (Å²) in [6.45, 7) is 22.0. The van der Waals surface area contributed by atoms with Crippen LogP contribution in [0.1, 0.15) is 69.2 Å². The molecule has 0 nitrogen and oxygen atoms in total. The molecule has 0 amide bonds. The molecule has 20 heteroatoms. The zero-order valence-electron chi connectivity index (χ0n) is 55.0. The van der Waals surface area contributed by atoms with Crippen LogP contribution >= 0.6 is 47.3 Å².